The third-order valence-corrected chi connectivity index (χ3v) is 5.83. The van der Waals surface area contributed by atoms with Gasteiger partial charge in [0.25, 0.3) is 0 Å². The van der Waals surface area contributed by atoms with Crippen molar-refractivity contribution in [2.24, 2.45) is 11.8 Å². The van der Waals surface area contributed by atoms with Gasteiger partial charge >= 0.3 is 0 Å². The van der Waals surface area contributed by atoms with Crippen molar-refractivity contribution in [1.82, 2.24) is 14.8 Å². The highest BCUT2D eigenvalue weighted by Gasteiger charge is 2.42. The third-order valence-electron chi connectivity index (χ3n) is 4.97. The van der Waals surface area contributed by atoms with Gasteiger partial charge in [-0.25, -0.2) is 0 Å². The minimum atomic E-state index is 0.181. The van der Waals surface area contributed by atoms with Gasteiger partial charge < -0.3 is 4.90 Å². The molecule has 0 bridgehead atoms. The number of nitrogens with zero attached hydrogens (tertiary/aromatic N) is 3. The Morgan fingerprint density at radius 2 is 2.17 bits per heavy atom. The van der Waals surface area contributed by atoms with Crippen LogP contribution in [0, 0.1) is 11.8 Å². The molecule has 4 nitrogen and oxygen atoms in total. The fourth-order valence-corrected chi connectivity index (χ4v) is 4.57. The highest BCUT2D eigenvalue weighted by Crippen LogP contribution is 2.33. The van der Waals surface area contributed by atoms with Crippen LogP contribution in [-0.2, 0) is 17.9 Å². The molecular formula is C18H21N3OS. The molecule has 0 spiro atoms. The van der Waals surface area contributed by atoms with Crippen LogP contribution in [0.2, 0.25) is 0 Å². The van der Waals surface area contributed by atoms with E-state index >= 15 is 0 Å². The van der Waals surface area contributed by atoms with Crippen molar-refractivity contribution in [3.63, 3.8) is 0 Å². The highest BCUT2D eigenvalue weighted by molar-refractivity contribution is 7.09. The van der Waals surface area contributed by atoms with Gasteiger partial charge in [0.05, 0.1) is 5.92 Å². The molecule has 120 valence electrons. The summed E-state index contributed by atoms with van der Waals surface area (Å²) in [6.07, 6.45) is 4.76. The molecule has 0 aliphatic carbocycles. The number of likely N-dealkylation sites (tertiary alicyclic amines) is 2. The molecule has 0 N–H and O–H groups in total. The van der Waals surface area contributed by atoms with Gasteiger partial charge in [-0.05, 0) is 35.4 Å². The standard InChI is InChI=1S/C18H21N3OS/c22-18-17-13-20(12-16-4-2-8-23-16)11-15(17)5-7-21(18)10-14-3-1-6-19-9-14/h1-4,6,8-9,15,17H,5,7,10-13H2/t15-,17-/m1/s1. The lowest BCUT2D eigenvalue weighted by Crippen LogP contribution is -2.44. The molecule has 0 unspecified atom stereocenters. The number of thiophene rings is 1. The maximum Gasteiger partial charge on any atom is 0.227 e. The second-order valence-corrected chi connectivity index (χ2v) is 7.58. The number of pyridine rings is 1. The van der Waals surface area contributed by atoms with Gasteiger partial charge in [0.15, 0.2) is 0 Å². The summed E-state index contributed by atoms with van der Waals surface area (Å²) in [7, 11) is 0. The van der Waals surface area contributed by atoms with Crippen molar-refractivity contribution in [2.45, 2.75) is 19.5 Å². The predicted octanol–water partition coefficient (Wildman–Crippen LogP) is 2.62. The van der Waals surface area contributed by atoms with Crippen LogP contribution in [0.25, 0.3) is 0 Å². The van der Waals surface area contributed by atoms with Crippen molar-refractivity contribution in [2.75, 3.05) is 19.6 Å². The first-order valence-corrected chi connectivity index (χ1v) is 9.10. The number of amides is 1. The van der Waals surface area contributed by atoms with Crippen LogP contribution in [0.15, 0.2) is 42.0 Å². The molecule has 4 heterocycles. The second-order valence-electron chi connectivity index (χ2n) is 6.55. The van der Waals surface area contributed by atoms with Crippen LogP contribution in [0.4, 0.5) is 0 Å². The lowest BCUT2D eigenvalue weighted by molar-refractivity contribution is -0.140. The van der Waals surface area contributed by atoms with Crippen LogP contribution in [0.3, 0.4) is 0 Å². The molecule has 2 aromatic heterocycles. The Bertz CT molecular complexity index is 658. The molecule has 2 aromatic rings. The van der Waals surface area contributed by atoms with Gasteiger partial charge in [0, 0.05) is 50.0 Å². The van der Waals surface area contributed by atoms with Crippen molar-refractivity contribution < 1.29 is 4.79 Å². The molecule has 4 rings (SSSR count). The zero-order chi connectivity index (χ0) is 15.6. The summed E-state index contributed by atoms with van der Waals surface area (Å²) in [6, 6.07) is 8.27. The van der Waals surface area contributed by atoms with E-state index in [1.165, 1.54) is 4.88 Å². The van der Waals surface area contributed by atoms with E-state index in [4.69, 9.17) is 0 Å². The SMILES string of the molecule is O=C1[C@@H]2CN(Cc3cccs3)C[C@H]2CCN1Cc1cccnc1. The van der Waals surface area contributed by atoms with E-state index in [2.05, 4.69) is 27.4 Å². The zero-order valence-electron chi connectivity index (χ0n) is 13.1. The first-order valence-electron chi connectivity index (χ1n) is 8.22. The van der Waals surface area contributed by atoms with Crippen molar-refractivity contribution in [1.29, 1.82) is 0 Å². The minimum absolute atomic E-state index is 0.181. The largest absolute Gasteiger partial charge is 0.338 e. The molecule has 2 fully saturated rings. The molecule has 1 amide bonds. The maximum atomic E-state index is 12.8. The molecular weight excluding hydrogens is 306 g/mol. The smallest absolute Gasteiger partial charge is 0.227 e. The number of rotatable bonds is 4. The summed E-state index contributed by atoms with van der Waals surface area (Å²) in [5.41, 5.74) is 1.12. The molecule has 2 atom stereocenters. The van der Waals surface area contributed by atoms with Gasteiger partial charge in [-0.15, -0.1) is 11.3 Å². The van der Waals surface area contributed by atoms with Crippen molar-refractivity contribution in [3.8, 4) is 0 Å². The van der Waals surface area contributed by atoms with E-state index < -0.39 is 0 Å². The fourth-order valence-electron chi connectivity index (χ4n) is 3.82. The Morgan fingerprint density at radius 3 is 2.96 bits per heavy atom. The van der Waals surface area contributed by atoms with Crippen molar-refractivity contribution >= 4 is 17.2 Å². The third kappa shape index (κ3) is 3.16. The number of hydrogen-bond donors (Lipinski definition) is 0. The van der Waals surface area contributed by atoms with E-state index in [0.29, 0.717) is 18.4 Å². The van der Waals surface area contributed by atoms with Crippen LogP contribution in [0.5, 0.6) is 0 Å². The topological polar surface area (TPSA) is 36.4 Å². The minimum Gasteiger partial charge on any atom is -0.338 e. The Labute approximate surface area is 140 Å². The first kappa shape index (κ1) is 14.8. The number of hydrogen-bond acceptors (Lipinski definition) is 4. The summed E-state index contributed by atoms with van der Waals surface area (Å²) in [6.45, 7) is 4.53. The summed E-state index contributed by atoms with van der Waals surface area (Å²) in [4.78, 5) is 22.9. The number of aromatic nitrogens is 1. The lowest BCUT2D eigenvalue weighted by Gasteiger charge is -2.33. The normalized spacial score (nSPS) is 24.9. The van der Waals surface area contributed by atoms with Gasteiger partial charge in [-0.1, -0.05) is 12.1 Å². The van der Waals surface area contributed by atoms with Crippen LogP contribution < -0.4 is 0 Å². The first-order chi connectivity index (χ1) is 11.3. The Morgan fingerprint density at radius 1 is 1.22 bits per heavy atom. The van der Waals surface area contributed by atoms with E-state index in [1.54, 1.807) is 17.5 Å². The van der Waals surface area contributed by atoms with Crippen LogP contribution in [0.1, 0.15) is 16.9 Å². The Hall–Kier alpha value is -1.72. The number of fused-ring (bicyclic) bond motifs is 1. The van der Waals surface area contributed by atoms with Gasteiger partial charge in [-0.2, -0.15) is 0 Å². The molecule has 2 saturated heterocycles. The van der Waals surface area contributed by atoms with Crippen LogP contribution >= 0.6 is 11.3 Å². The van der Waals surface area contributed by atoms with Gasteiger partial charge in [0.2, 0.25) is 5.91 Å². The summed E-state index contributed by atoms with van der Waals surface area (Å²) in [5, 5.41) is 2.12. The van der Waals surface area contributed by atoms with E-state index in [0.717, 1.165) is 38.2 Å². The lowest BCUT2D eigenvalue weighted by atomic mass is 9.88. The molecule has 0 aromatic carbocycles. The number of carbonyl (C=O) groups excluding carboxylic acids is 1. The van der Waals surface area contributed by atoms with Crippen molar-refractivity contribution in [3.05, 3.63) is 52.5 Å². The predicted molar refractivity (Wildman–Crippen MR) is 90.8 cm³/mol. The molecule has 2 aliphatic heterocycles. The van der Waals surface area contributed by atoms with Gasteiger partial charge in [0.1, 0.15) is 0 Å². The second kappa shape index (κ2) is 6.42. The highest BCUT2D eigenvalue weighted by atomic mass is 32.1. The summed E-state index contributed by atoms with van der Waals surface area (Å²) < 4.78 is 0. The number of carbonyl (C=O) groups is 1. The molecule has 5 heteroatoms. The number of piperidine rings is 1. The van der Waals surface area contributed by atoms with Gasteiger partial charge in [-0.3, -0.25) is 14.7 Å². The average Bonchev–Trinajstić information content (AvgIpc) is 3.21. The molecule has 23 heavy (non-hydrogen) atoms. The maximum absolute atomic E-state index is 12.8. The fraction of sp³-hybridized carbons (Fsp3) is 0.444. The average molecular weight is 327 g/mol. The summed E-state index contributed by atoms with van der Waals surface area (Å²) in [5.74, 6) is 1.05. The quantitative estimate of drug-likeness (QED) is 0.866. The molecule has 0 radical (unpaired) electrons. The zero-order valence-corrected chi connectivity index (χ0v) is 13.9. The van der Waals surface area contributed by atoms with E-state index in [-0.39, 0.29) is 5.92 Å². The molecule has 0 saturated carbocycles. The summed E-state index contributed by atoms with van der Waals surface area (Å²) >= 11 is 1.80. The Balaban J connectivity index is 1.40. The van der Waals surface area contributed by atoms with Crippen LogP contribution in [-0.4, -0.2) is 40.3 Å². The van der Waals surface area contributed by atoms with E-state index in [9.17, 15) is 4.79 Å². The monoisotopic (exact) mass is 327 g/mol. The van der Waals surface area contributed by atoms with E-state index in [1.807, 2.05) is 23.2 Å². The Kier molecular flexibility index (Phi) is 4.14. The molecule has 2 aliphatic rings.